The molecule has 0 radical (unpaired) electrons. The highest BCUT2D eigenvalue weighted by Crippen LogP contribution is 2.27. The number of aromatic nitrogens is 3. The van der Waals surface area contributed by atoms with Gasteiger partial charge in [0.2, 0.25) is 11.2 Å². The first-order chi connectivity index (χ1) is 8.67. The van der Waals surface area contributed by atoms with Crippen LogP contribution in [0.25, 0.3) is 0 Å². The third kappa shape index (κ3) is 3.70. The number of anilines is 1. The van der Waals surface area contributed by atoms with Crippen molar-refractivity contribution < 1.29 is 4.74 Å². The summed E-state index contributed by atoms with van der Waals surface area (Å²) in [5, 5.41) is 3.47. The predicted octanol–water partition coefficient (Wildman–Crippen LogP) is 2.91. The van der Waals surface area contributed by atoms with Crippen molar-refractivity contribution in [2.75, 3.05) is 11.9 Å². The molecular formula is C12H19ClN4O. The largest absolute Gasteiger partial charge is 0.463 e. The molecule has 0 spiro atoms. The van der Waals surface area contributed by atoms with Gasteiger partial charge in [-0.15, -0.1) is 0 Å². The first-order valence-electron chi connectivity index (χ1n) is 6.48. The van der Waals surface area contributed by atoms with E-state index in [1.807, 2.05) is 6.92 Å². The van der Waals surface area contributed by atoms with Crippen molar-refractivity contribution in [1.82, 2.24) is 15.0 Å². The van der Waals surface area contributed by atoms with Gasteiger partial charge in [0.25, 0.3) is 0 Å². The van der Waals surface area contributed by atoms with Gasteiger partial charge in [-0.05, 0) is 43.2 Å². The average Bonchev–Trinajstić information content (AvgIpc) is 2.71. The number of rotatable bonds is 5. The fourth-order valence-corrected chi connectivity index (χ4v) is 2.33. The highest BCUT2D eigenvalue weighted by Gasteiger charge is 2.22. The van der Waals surface area contributed by atoms with Gasteiger partial charge in [0.15, 0.2) is 0 Å². The molecule has 6 heteroatoms. The van der Waals surface area contributed by atoms with Crippen LogP contribution in [0, 0.1) is 5.92 Å². The van der Waals surface area contributed by atoms with E-state index in [-0.39, 0.29) is 5.28 Å². The second-order valence-electron chi connectivity index (χ2n) is 4.82. The number of hydrogen-bond acceptors (Lipinski definition) is 5. The van der Waals surface area contributed by atoms with Gasteiger partial charge < -0.3 is 10.1 Å². The van der Waals surface area contributed by atoms with Crippen molar-refractivity contribution in [3.8, 4) is 6.01 Å². The summed E-state index contributed by atoms with van der Waals surface area (Å²) >= 11 is 5.86. The van der Waals surface area contributed by atoms with Crippen molar-refractivity contribution in [2.45, 2.75) is 45.6 Å². The maximum atomic E-state index is 5.86. The van der Waals surface area contributed by atoms with Crippen molar-refractivity contribution in [1.29, 1.82) is 0 Å². The Morgan fingerprint density at radius 1 is 1.33 bits per heavy atom. The Hall–Kier alpha value is -1.10. The summed E-state index contributed by atoms with van der Waals surface area (Å²) in [6.45, 7) is 4.87. The SMILES string of the molecule is CCCOc1nc(Cl)nc(NC2CCC(C)C2)n1. The van der Waals surface area contributed by atoms with E-state index in [0.29, 0.717) is 24.6 Å². The quantitative estimate of drug-likeness (QED) is 0.891. The standard InChI is InChI=1S/C12H19ClN4O/c1-3-6-18-12-16-10(13)15-11(17-12)14-9-5-4-8(2)7-9/h8-9H,3-7H2,1-2H3,(H,14,15,16,17). The molecule has 1 aromatic rings. The lowest BCUT2D eigenvalue weighted by Gasteiger charge is -2.12. The second-order valence-corrected chi connectivity index (χ2v) is 5.16. The van der Waals surface area contributed by atoms with E-state index in [9.17, 15) is 0 Å². The summed E-state index contributed by atoms with van der Waals surface area (Å²) in [6, 6.07) is 0.725. The molecule has 1 N–H and O–H groups in total. The smallest absolute Gasteiger partial charge is 0.322 e. The molecule has 100 valence electrons. The highest BCUT2D eigenvalue weighted by molar-refractivity contribution is 6.28. The molecule has 0 aromatic carbocycles. The minimum Gasteiger partial charge on any atom is -0.463 e. The third-order valence-electron chi connectivity index (χ3n) is 3.05. The molecule has 18 heavy (non-hydrogen) atoms. The Morgan fingerprint density at radius 2 is 2.17 bits per heavy atom. The monoisotopic (exact) mass is 270 g/mol. The summed E-state index contributed by atoms with van der Waals surface area (Å²) in [4.78, 5) is 12.2. The zero-order valence-electron chi connectivity index (χ0n) is 10.8. The Kier molecular flexibility index (Phi) is 4.58. The number of nitrogens with one attached hydrogen (secondary N) is 1. The summed E-state index contributed by atoms with van der Waals surface area (Å²) in [5.74, 6) is 1.27. The fourth-order valence-electron chi connectivity index (χ4n) is 2.18. The minimum atomic E-state index is 0.171. The van der Waals surface area contributed by atoms with E-state index in [4.69, 9.17) is 16.3 Å². The summed E-state index contributed by atoms with van der Waals surface area (Å²) in [7, 11) is 0. The molecule has 0 aliphatic heterocycles. The van der Waals surface area contributed by atoms with Crippen molar-refractivity contribution in [3.63, 3.8) is 0 Å². The second kappa shape index (κ2) is 6.18. The third-order valence-corrected chi connectivity index (χ3v) is 3.22. The van der Waals surface area contributed by atoms with Gasteiger partial charge in [0.05, 0.1) is 6.61 Å². The van der Waals surface area contributed by atoms with Crippen LogP contribution in [0.4, 0.5) is 5.95 Å². The maximum Gasteiger partial charge on any atom is 0.322 e. The molecule has 0 amide bonds. The maximum absolute atomic E-state index is 5.86. The van der Waals surface area contributed by atoms with Crippen molar-refractivity contribution >= 4 is 17.5 Å². The normalized spacial score (nSPS) is 23.1. The van der Waals surface area contributed by atoms with Crippen LogP contribution >= 0.6 is 11.6 Å². The van der Waals surface area contributed by atoms with Gasteiger partial charge in [-0.1, -0.05) is 13.8 Å². The van der Waals surface area contributed by atoms with E-state index in [0.717, 1.165) is 25.2 Å². The summed E-state index contributed by atoms with van der Waals surface area (Å²) < 4.78 is 5.38. The molecule has 1 aliphatic rings. The van der Waals surface area contributed by atoms with Crippen LogP contribution in [0.2, 0.25) is 5.28 Å². The molecule has 0 saturated heterocycles. The number of nitrogens with zero attached hydrogens (tertiary/aromatic N) is 3. The van der Waals surface area contributed by atoms with Crippen LogP contribution < -0.4 is 10.1 Å². The lowest BCUT2D eigenvalue weighted by molar-refractivity contribution is 0.291. The molecule has 1 aliphatic carbocycles. The average molecular weight is 271 g/mol. The van der Waals surface area contributed by atoms with Crippen LogP contribution in [0.15, 0.2) is 0 Å². The first kappa shape index (κ1) is 13.3. The van der Waals surface area contributed by atoms with Gasteiger partial charge in [0, 0.05) is 6.04 Å². The Labute approximate surface area is 112 Å². The van der Waals surface area contributed by atoms with Crippen molar-refractivity contribution in [2.24, 2.45) is 5.92 Å². The Balaban J connectivity index is 2.00. The van der Waals surface area contributed by atoms with E-state index < -0.39 is 0 Å². The highest BCUT2D eigenvalue weighted by atomic mass is 35.5. The van der Waals surface area contributed by atoms with Crippen LogP contribution in [0.1, 0.15) is 39.5 Å². The molecule has 2 rings (SSSR count). The minimum absolute atomic E-state index is 0.171. The van der Waals surface area contributed by atoms with Gasteiger partial charge in [-0.3, -0.25) is 0 Å². The van der Waals surface area contributed by atoms with E-state index in [2.05, 4.69) is 27.2 Å². The summed E-state index contributed by atoms with van der Waals surface area (Å²) in [5.41, 5.74) is 0. The molecule has 0 bridgehead atoms. The summed E-state index contributed by atoms with van der Waals surface area (Å²) in [6.07, 6.45) is 4.45. The van der Waals surface area contributed by atoms with Gasteiger partial charge in [-0.25, -0.2) is 0 Å². The zero-order valence-corrected chi connectivity index (χ0v) is 11.6. The van der Waals surface area contributed by atoms with Gasteiger partial charge in [-0.2, -0.15) is 15.0 Å². The molecule has 1 fully saturated rings. The molecular weight excluding hydrogens is 252 g/mol. The molecule has 2 atom stereocenters. The molecule has 1 saturated carbocycles. The number of halogens is 1. The van der Waals surface area contributed by atoms with Crippen LogP contribution in [0.3, 0.4) is 0 Å². The fraction of sp³-hybridized carbons (Fsp3) is 0.750. The lowest BCUT2D eigenvalue weighted by atomic mass is 10.1. The predicted molar refractivity (Wildman–Crippen MR) is 71.0 cm³/mol. The molecule has 5 nitrogen and oxygen atoms in total. The van der Waals surface area contributed by atoms with Crippen molar-refractivity contribution in [3.05, 3.63) is 5.28 Å². The molecule has 1 aromatic heterocycles. The topological polar surface area (TPSA) is 59.9 Å². The molecule has 2 unspecified atom stereocenters. The Morgan fingerprint density at radius 3 is 2.83 bits per heavy atom. The van der Waals surface area contributed by atoms with E-state index >= 15 is 0 Å². The van der Waals surface area contributed by atoms with Crippen LogP contribution in [0.5, 0.6) is 6.01 Å². The van der Waals surface area contributed by atoms with E-state index in [1.165, 1.54) is 6.42 Å². The first-order valence-corrected chi connectivity index (χ1v) is 6.86. The van der Waals surface area contributed by atoms with Gasteiger partial charge in [0.1, 0.15) is 0 Å². The van der Waals surface area contributed by atoms with Crippen LogP contribution in [-0.4, -0.2) is 27.6 Å². The lowest BCUT2D eigenvalue weighted by Crippen LogP contribution is -2.18. The number of ether oxygens (including phenoxy) is 1. The van der Waals surface area contributed by atoms with Crippen LogP contribution in [-0.2, 0) is 0 Å². The Bertz CT molecular complexity index is 402. The number of hydrogen-bond donors (Lipinski definition) is 1. The zero-order chi connectivity index (χ0) is 13.0. The van der Waals surface area contributed by atoms with Gasteiger partial charge >= 0.3 is 6.01 Å². The molecule has 1 heterocycles. The van der Waals surface area contributed by atoms with E-state index in [1.54, 1.807) is 0 Å².